The first-order valence-electron chi connectivity index (χ1n) is 10.2. The maximum Gasteiger partial charge on any atom is 0.226 e. The standard InChI is InChI=1S/C22H27N5O/c1-16-6-5-9-20(24-16)26-21-15-23-14-19(25-21)17-10-12-27(13-11-17)22(28)18-7-3-2-4-8-18/h2-3,5-6,9,14-15,17-18H,4,7-8,10-13H2,1H3,(H,24,25,26)/t18-/m0/s1. The van der Waals surface area contributed by atoms with Gasteiger partial charge in [0.15, 0.2) is 0 Å². The number of nitrogens with zero attached hydrogens (tertiary/aromatic N) is 4. The fourth-order valence-electron chi connectivity index (χ4n) is 4.05. The van der Waals surface area contributed by atoms with Crippen LogP contribution in [0, 0.1) is 12.8 Å². The van der Waals surface area contributed by atoms with Crippen molar-refractivity contribution in [1.29, 1.82) is 0 Å². The minimum atomic E-state index is 0.177. The van der Waals surface area contributed by atoms with Crippen molar-refractivity contribution in [2.45, 2.75) is 44.9 Å². The number of rotatable bonds is 4. The van der Waals surface area contributed by atoms with Crippen molar-refractivity contribution in [2.24, 2.45) is 5.92 Å². The average molecular weight is 377 g/mol. The van der Waals surface area contributed by atoms with E-state index in [4.69, 9.17) is 4.98 Å². The normalized spacial score (nSPS) is 20.2. The molecule has 2 aromatic rings. The van der Waals surface area contributed by atoms with Gasteiger partial charge in [0.25, 0.3) is 0 Å². The maximum absolute atomic E-state index is 12.7. The third-order valence-electron chi connectivity index (χ3n) is 5.64. The van der Waals surface area contributed by atoms with Gasteiger partial charge >= 0.3 is 0 Å². The van der Waals surface area contributed by atoms with Crippen LogP contribution in [0.2, 0.25) is 0 Å². The van der Waals surface area contributed by atoms with Crippen LogP contribution in [0.1, 0.15) is 49.4 Å². The molecule has 0 bridgehead atoms. The van der Waals surface area contributed by atoms with Crippen LogP contribution in [-0.2, 0) is 4.79 Å². The van der Waals surface area contributed by atoms with Crippen LogP contribution < -0.4 is 5.32 Å². The SMILES string of the molecule is Cc1cccc(Nc2cncc(C3CCN(C(=O)[C@H]4CC=CCC4)CC3)n2)n1. The van der Waals surface area contributed by atoms with Crippen LogP contribution in [0.25, 0.3) is 0 Å². The molecule has 1 amide bonds. The first-order chi connectivity index (χ1) is 13.7. The lowest BCUT2D eigenvalue weighted by Crippen LogP contribution is -2.41. The average Bonchev–Trinajstić information content (AvgIpc) is 2.74. The Balaban J connectivity index is 1.37. The lowest BCUT2D eigenvalue weighted by Gasteiger charge is -2.34. The second kappa shape index (κ2) is 8.50. The van der Waals surface area contributed by atoms with Crippen molar-refractivity contribution < 1.29 is 4.79 Å². The molecule has 0 aromatic carbocycles. The first-order valence-corrected chi connectivity index (χ1v) is 10.2. The lowest BCUT2D eigenvalue weighted by molar-refractivity contribution is -0.136. The van der Waals surface area contributed by atoms with Gasteiger partial charge in [0.1, 0.15) is 11.6 Å². The number of hydrogen-bond acceptors (Lipinski definition) is 5. The van der Waals surface area contributed by atoms with Gasteiger partial charge in [0.05, 0.1) is 11.9 Å². The first kappa shape index (κ1) is 18.6. The number of piperidine rings is 1. The summed E-state index contributed by atoms with van der Waals surface area (Å²) >= 11 is 0. The van der Waals surface area contributed by atoms with E-state index in [1.54, 1.807) is 6.20 Å². The number of aromatic nitrogens is 3. The Kier molecular flexibility index (Phi) is 5.65. The fraction of sp³-hybridized carbons (Fsp3) is 0.455. The lowest BCUT2D eigenvalue weighted by atomic mass is 9.90. The van der Waals surface area contributed by atoms with Crippen LogP contribution in [0.15, 0.2) is 42.7 Å². The molecular formula is C22H27N5O. The predicted octanol–water partition coefficient (Wildman–Crippen LogP) is 3.99. The summed E-state index contributed by atoms with van der Waals surface area (Å²) in [6, 6.07) is 5.86. The smallest absolute Gasteiger partial charge is 0.226 e. The summed E-state index contributed by atoms with van der Waals surface area (Å²) < 4.78 is 0. The number of hydrogen-bond donors (Lipinski definition) is 1. The van der Waals surface area contributed by atoms with Crippen molar-refractivity contribution in [2.75, 3.05) is 18.4 Å². The second-order valence-electron chi connectivity index (χ2n) is 7.70. The van der Waals surface area contributed by atoms with Crippen LogP contribution in [0.3, 0.4) is 0 Å². The summed E-state index contributed by atoms with van der Waals surface area (Å²) in [5.41, 5.74) is 1.95. The summed E-state index contributed by atoms with van der Waals surface area (Å²) in [4.78, 5) is 28.4. The Labute approximate surface area is 166 Å². The Morgan fingerprint density at radius 2 is 1.93 bits per heavy atom. The number of likely N-dealkylation sites (tertiary alicyclic amines) is 1. The van der Waals surface area contributed by atoms with E-state index in [9.17, 15) is 4.79 Å². The molecule has 1 atom stereocenters. The van der Waals surface area contributed by atoms with Crippen LogP contribution in [0.5, 0.6) is 0 Å². The van der Waals surface area contributed by atoms with Gasteiger partial charge in [0, 0.05) is 36.8 Å². The second-order valence-corrected chi connectivity index (χ2v) is 7.70. The number of allylic oxidation sites excluding steroid dienone is 2. The Hall–Kier alpha value is -2.76. The molecule has 6 heteroatoms. The van der Waals surface area contributed by atoms with E-state index in [1.165, 1.54) is 0 Å². The zero-order valence-electron chi connectivity index (χ0n) is 16.3. The molecule has 1 aliphatic carbocycles. The van der Waals surface area contributed by atoms with Gasteiger partial charge in [-0.05, 0) is 51.2 Å². The maximum atomic E-state index is 12.7. The molecule has 0 saturated carbocycles. The monoisotopic (exact) mass is 377 g/mol. The molecule has 1 aliphatic heterocycles. The van der Waals surface area contributed by atoms with Gasteiger partial charge in [-0.25, -0.2) is 9.97 Å². The quantitative estimate of drug-likeness (QED) is 0.816. The Bertz CT molecular complexity index is 858. The van der Waals surface area contributed by atoms with Crippen molar-refractivity contribution in [3.8, 4) is 0 Å². The zero-order chi connectivity index (χ0) is 19.3. The third-order valence-corrected chi connectivity index (χ3v) is 5.64. The molecule has 28 heavy (non-hydrogen) atoms. The number of carbonyl (C=O) groups is 1. The van der Waals surface area contributed by atoms with E-state index in [0.717, 1.165) is 62.4 Å². The van der Waals surface area contributed by atoms with Gasteiger partial charge in [-0.1, -0.05) is 18.2 Å². The highest BCUT2D eigenvalue weighted by Crippen LogP contribution is 2.29. The van der Waals surface area contributed by atoms with Crippen molar-refractivity contribution in [3.63, 3.8) is 0 Å². The highest BCUT2D eigenvalue weighted by Gasteiger charge is 2.29. The van der Waals surface area contributed by atoms with Crippen molar-refractivity contribution in [3.05, 3.63) is 54.1 Å². The van der Waals surface area contributed by atoms with E-state index in [1.807, 2.05) is 36.2 Å². The van der Waals surface area contributed by atoms with Crippen LogP contribution in [-0.4, -0.2) is 38.8 Å². The van der Waals surface area contributed by atoms with Gasteiger partial charge in [-0.15, -0.1) is 0 Å². The van der Waals surface area contributed by atoms with Gasteiger partial charge < -0.3 is 10.2 Å². The predicted molar refractivity (Wildman–Crippen MR) is 109 cm³/mol. The molecule has 0 spiro atoms. The number of carbonyl (C=O) groups excluding carboxylic acids is 1. The van der Waals surface area contributed by atoms with Gasteiger partial charge in [-0.2, -0.15) is 0 Å². The fourth-order valence-corrected chi connectivity index (χ4v) is 4.05. The molecule has 2 aromatic heterocycles. The van der Waals surface area contributed by atoms with E-state index < -0.39 is 0 Å². The molecule has 0 radical (unpaired) electrons. The minimum absolute atomic E-state index is 0.177. The number of pyridine rings is 1. The van der Waals surface area contributed by atoms with E-state index >= 15 is 0 Å². The summed E-state index contributed by atoms with van der Waals surface area (Å²) in [5, 5.41) is 3.24. The highest BCUT2D eigenvalue weighted by molar-refractivity contribution is 5.79. The molecular weight excluding hydrogens is 350 g/mol. The Morgan fingerprint density at radius 3 is 2.68 bits per heavy atom. The Morgan fingerprint density at radius 1 is 1.07 bits per heavy atom. The van der Waals surface area contributed by atoms with Crippen LogP contribution in [0.4, 0.5) is 11.6 Å². The van der Waals surface area contributed by atoms with E-state index in [-0.39, 0.29) is 5.92 Å². The summed E-state index contributed by atoms with van der Waals surface area (Å²) in [6.45, 7) is 3.58. The number of nitrogens with one attached hydrogen (secondary N) is 1. The zero-order valence-corrected chi connectivity index (χ0v) is 16.3. The van der Waals surface area contributed by atoms with Gasteiger partial charge in [0.2, 0.25) is 5.91 Å². The number of aryl methyl sites for hydroxylation is 1. The molecule has 4 rings (SSSR count). The summed E-state index contributed by atoms with van der Waals surface area (Å²) in [6.07, 6.45) is 12.7. The van der Waals surface area contributed by atoms with Crippen LogP contribution >= 0.6 is 0 Å². The molecule has 1 N–H and O–H groups in total. The molecule has 0 unspecified atom stereocenters. The summed E-state index contributed by atoms with van der Waals surface area (Å²) in [5.74, 6) is 2.33. The molecule has 146 valence electrons. The number of amides is 1. The summed E-state index contributed by atoms with van der Waals surface area (Å²) in [7, 11) is 0. The van der Waals surface area contributed by atoms with E-state index in [2.05, 4.69) is 27.4 Å². The molecule has 1 fully saturated rings. The van der Waals surface area contributed by atoms with Gasteiger partial charge in [-0.3, -0.25) is 9.78 Å². The molecule has 2 aliphatic rings. The van der Waals surface area contributed by atoms with E-state index in [0.29, 0.717) is 17.6 Å². The van der Waals surface area contributed by atoms with Crippen molar-refractivity contribution >= 4 is 17.5 Å². The molecule has 1 saturated heterocycles. The molecule has 6 nitrogen and oxygen atoms in total. The minimum Gasteiger partial charge on any atom is -0.342 e. The number of anilines is 2. The highest BCUT2D eigenvalue weighted by atomic mass is 16.2. The third kappa shape index (κ3) is 4.38. The molecule has 3 heterocycles. The van der Waals surface area contributed by atoms with Crippen molar-refractivity contribution in [1.82, 2.24) is 19.9 Å². The largest absolute Gasteiger partial charge is 0.342 e. The topological polar surface area (TPSA) is 71.0 Å².